The summed E-state index contributed by atoms with van der Waals surface area (Å²) in [7, 11) is 0. The maximum atomic E-state index is 6.16. The van der Waals surface area contributed by atoms with E-state index in [0.717, 1.165) is 38.2 Å². The van der Waals surface area contributed by atoms with Crippen LogP contribution in [0.2, 0.25) is 0 Å². The highest BCUT2D eigenvalue weighted by molar-refractivity contribution is 5.92. The number of benzene rings is 2. The third-order valence-corrected chi connectivity index (χ3v) is 4.42. The van der Waals surface area contributed by atoms with Crippen molar-refractivity contribution in [2.24, 2.45) is 16.6 Å². The van der Waals surface area contributed by atoms with Gasteiger partial charge < -0.3 is 15.8 Å². The highest BCUT2D eigenvalue weighted by Gasteiger charge is 2.20. The van der Waals surface area contributed by atoms with Crippen LogP contribution >= 0.6 is 0 Å². The van der Waals surface area contributed by atoms with Gasteiger partial charge in [0.05, 0.1) is 6.04 Å². The third-order valence-electron chi connectivity index (χ3n) is 4.42. The molecule has 4 heteroatoms. The number of hydrogen-bond acceptors (Lipinski definition) is 2. The van der Waals surface area contributed by atoms with E-state index in [0.29, 0.717) is 11.9 Å². The van der Waals surface area contributed by atoms with Crippen LogP contribution in [0.5, 0.6) is 0 Å². The minimum Gasteiger partial charge on any atom is -0.381 e. The number of nitrogens with one attached hydrogen (secondary N) is 1. The molecule has 1 aliphatic heterocycles. The summed E-state index contributed by atoms with van der Waals surface area (Å²) in [4.78, 5) is 4.78. The number of anilines is 1. The average molecular weight is 323 g/mol. The normalized spacial score (nSPS) is 17.4. The standard InChI is InChI=1S/C20H25N3O/c21-20(22-18-9-5-2-6-10-18)23-19(17-7-3-1-4-8-17)15-16-11-13-24-14-12-16/h1-10,16,19H,11-15H2,(H3,21,22,23). The molecule has 0 bridgehead atoms. The van der Waals surface area contributed by atoms with Gasteiger partial charge in [0.1, 0.15) is 0 Å². The lowest BCUT2D eigenvalue weighted by Gasteiger charge is -2.25. The maximum absolute atomic E-state index is 6.16. The second kappa shape index (κ2) is 8.50. The van der Waals surface area contributed by atoms with Gasteiger partial charge in [0.25, 0.3) is 0 Å². The minimum absolute atomic E-state index is 0.0745. The van der Waals surface area contributed by atoms with Gasteiger partial charge in [-0.3, -0.25) is 0 Å². The molecule has 4 nitrogen and oxygen atoms in total. The van der Waals surface area contributed by atoms with Gasteiger partial charge in [-0.15, -0.1) is 0 Å². The van der Waals surface area contributed by atoms with Crippen LogP contribution in [0.3, 0.4) is 0 Å². The average Bonchev–Trinajstić information content (AvgIpc) is 2.63. The second-order valence-electron chi connectivity index (χ2n) is 6.22. The van der Waals surface area contributed by atoms with Gasteiger partial charge >= 0.3 is 0 Å². The largest absolute Gasteiger partial charge is 0.381 e. The Morgan fingerprint density at radius 2 is 1.67 bits per heavy atom. The van der Waals surface area contributed by atoms with Crippen molar-refractivity contribution in [1.82, 2.24) is 0 Å². The van der Waals surface area contributed by atoms with Crippen LogP contribution in [0.4, 0.5) is 5.69 Å². The summed E-state index contributed by atoms with van der Waals surface area (Å²) in [6.07, 6.45) is 3.21. The molecule has 1 atom stereocenters. The molecule has 0 spiro atoms. The number of nitrogens with two attached hydrogens (primary N) is 1. The molecule has 126 valence electrons. The Hall–Kier alpha value is -2.33. The van der Waals surface area contributed by atoms with Gasteiger partial charge in [0.2, 0.25) is 0 Å². The SMILES string of the molecule is NC(=NC(CC1CCOCC1)c1ccccc1)Nc1ccccc1. The zero-order valence-corrected chi connectivity index (χ0v) is 13.9. The molecule has 1 fully saturated rings. The smallest absolute Gasteiger partial charge is 0.193 e. The predicted octanol–water partition coefficient (Wildman–Crippen LogP) is 3.97. The molecule has 0 aliphatic carbocycles. The molecule has 24 heavy (non-hydrogen) atoms. The van der Waals surface area contributed by atoms with E-state index in [9.17, 15) is 0 Å². The summed E-state index contributed by atoms with van der Waals surface area (Å²) >= 11 is 0. The molecule has 0 radical (unpaired) electrons. The summed E-state index contributed by atoms with van der Waals surface area (Å²) in [5.41, 5.74) is 8.33. The monoisotopic (exact) mass is 323 g/mol. The van der Waals surface area contributed by atoms with Crippen molar-refractivity contribution < 1.29 is 4.74 Å². The number of hydrogen-bond donors (Lipinski definition) is 2. The molecule has 0 aromatic heterocycles. The van der Waals surface area contributed by atoms with Crippen molar-refractivity contribution in [3.63, 3.8) is 0 Å². The summed E-state index contributed by atoms with van der Waals surface area (Å²) in [5.74, 6) is 1.10. The van der Waals surface area contributed by atoms with Crippen LogP contribution in [0.15, 0.2) is 65.7 Å². The van der Waals surface area contributed by atoms with Gasteiger partial charge in [-0.1, -0.05) is 48.5 Å². The Bertz CT molecular complexity index is 636. The zero-order chi connectivity index (χ0) is 16.6. The number of nitrogens with zero attached hydrogens (tertiary/aromatic N) is 1. The Morgan fingerprint density at radius 3 is 2.33 bits per heavy atom. The number of aliphatic imine (C=N–C) groups is 1. The number of rotatable bonds is 5. The van der Waals surface area contributed by atoms with Crippen molar-refractivity contribution in [2.45, 2.75) is 25.3 Å². The topological polar surface area (TPSA) is 59.6 Å². The van der Waals surface area contributed by atoms with Crippen molar-refractivity contribution in [3.05, 3.63) is 66.2 Å². The summed E-state index contributed by atoms with van der Waals surface area (Å²) < 4.78 is 5.47. The molecule has 2 aromatic carbocycles. The van der Waals surface area contributed by atoms with E-state index in [1.807, 2.05) is 36.4 Å². The highest BCUT2D eigenvalue weighted by atomic mass is 16.5. The van der Waals surface area contributed by atoms with Crippen molar-refractivity contribution in [1.29, 1.82) is 0 Å². The van der Waals surface area contributed by atoms with Gasteiger partial charge in [-0.2, -0.15) is 0 Å². The Labute approximate surface area is 143 Å². The van der Waals surface area contributed by atoms with E-state index in [-0.39, 0.29) is 6.04 Å². The Balaban J connectivity index is 1.74. The molecule has 0 saturated carbocycles. The Morgan fingerprint density at radius 1 is 1.04 bits per heavy atom. The molecule has 3 rings (SSSR count). The minimum atomic E-state index is 0.0745. The summed E-state index contributed by atoms with van der Waals surface area (Å²) in [6, 6.07) is 20.4. The van der Waals surface area contributed by atoms with Crippen LogP contribution in [-0.2, 0) is 4.74 Å². The fourth-order valence-corrected chi connectivity index (χ4v) is 3.11. The molecule has 0 amide bonds. The molecule has 1 saturated heterocycles. The lowest BCUT2D eigenvalue weighted by Crippen LogP contribution is -2.24. The van der Waals surface area contributed by atoms with Crippen molar-refractivity contribution in [3.8, 4) is 0 Å². The van der Waals surface area contributed by atoms with Gasteiger partial charge in [0.15, 0.2) is 5.96 Å². The molecular formula is C20H25N3O. The van der Waals surface area contributed by atoms with E-state index in [4.69, 9.17) is 15.5 Å². The lowest BCUT2D eigenvalue weighted by molar-refractivity contribution is 0.0619. The fraction of sp³-hybridized carbons (Fsp3) is 0.350. The fourth-order valence-electron chi connectivity index (χ4n) is 3.11. The number of ether oxygens (including phenoxy) is 1. The third kappa shape index (κ3) is 4.83. The molecule has 2 aromatic rings. The Kier molecular flexibility index (Phi) is 5.85. The number of para-hydroxylation sites is 1. The van der Waals surface area contributed by atoms with Crippen LogP contribution in [0, 0.1) is 5.92 Å². The van der Waals surface area contributed by atoms with Gasteiger partial charge in [-0.05, 0) is 42.9 Å². The van der Waals surface area contributed by atoms with Gasteiger partial charge in [0, 0.05) is 18.9 Å². The molecule has 1 unspecified atom stereocenters. The maximum Gasteiger partial charge on any atom is 0.193 e. The van der Waals surface area contributed by atoms with Crippen molar-refractivity contribution in [2.75, 3.05) is 18.5 Å². The van der Waals surface area contributed by atoms with Crippen molar-refractivity contribution >= 4 is 11.6 Å². The summed E-state index contributed by atoms with van der Waals surface area (Å²) in [5, 5.41) is 3.18. The quantitative estimate of drug-likeness (QED) is 0.646. The number of guanidine groups is 1. The van der Waals surface area contributed by atoms with E-state index >= 15 is 0 Å². The van der Waals surface area contributed by atoms with Crippen LogP contribution < -0.4 is 11.1 Å². The predicted molar refractivity (Wildman–Crippen MR) is 99.0 cm³/mol. The van der Waals surface area contributed by atoms with Crippen LogP contribution in [0.1, 0.15) is 30.9 Å². The first-order valence-corrected chi connectivity index (χ1v) is 8.59. The van der Waals surface area contributed by atoms with Crippen LogP contribution in [-0.4, -0.2) is 19.2 Å². The van der Waals surface area contributed by atoms with E-state index < -0.39 is 0 Å². The van der Waals surface area contributed by atoms with Gasteiger partial charge in [-0.25, -0.2) is 4.99 Å². The molecular weight excluding hydrogens is 298 g/mol. The summed E-state index contributed by atoms with van der Waals surface area (Å²) in [6.45, 7) is 1.71. The first-order chi connectivity index (χ1) is 11.8. The van der Waals surface area contributed by atoms with E-state index in [1.165, 1.54) is 5.56 Å². The second-order valence-corrected chi connectivity index (χ2v) is 6.22. The zero-order valence-electron chi connectivity index (χ0n) is 13.9. The highest BCUT2D eigenvalue weighted by Crippen LogP contribution is 2.30. The molecule has 1 aliphatic rings. The van der Waals surface area contributed by atoms with Crippen LogP contribution in [0.25, 0.3) is 0 Å². The first kappa shape index (κ1) is 16.5. The molecule has 1 heterocycles. The van der Waals surface area contributed by atoms with E-state index in [1.54, 1.807) is 0 Å². The first-order valence-electron chi connectivity index (χ1n) is 8.59. The molecule has 3 N–H and O–H groups in total. The van der Waals surface area contributed by atoms with E-state index in [2.05, 4.69) is 29.6 Å². The lowest BCUT2D eigenvalue weighted by atomic mass is 9.90.